The number of nitrogens with zero attached hydrogens (tertiary/aromatic N) is 1. The zero-order valence-corrected chi connectivity index (χ0v) is 13.3. The first kappa shape index (κ1) is 17.8. The van der Waals surface area contributed by atoms with Crippen molar-refractivity contribution in [3.8, 4) is 11.8 Å². The number of rotatable bonds is 4. The van der Waals surface area contributed by atoms with Crippen LogP contribution in [0.25, 0.3) is 0 Å². The highest BCUT2D eigenvalue weighted by Crippen LogP contribution is 2.32. The average Bonchev–Trinajstić information content (AvgIpc) is 2.34. The first-order chi connectivity index (χ1) is 9.70. The molecule has 0 aromatic heterocycles. The van der Waals surface area contributed by atoms with E-state index < -0.39 is 22.5 Å². The van der Waals surface area contributed by atoms with Gasteiger partial charge in [-0.15, -0.1) is 0 Å². The Morgan fingerprint density at radius 3 is 2.33 bits per heavy atom. The van der Waals surface area contributed by atoms with E-state index in [0.29, 0.717) is 5.56 Å². The van der Waals surface area contributed by atoms with Gasteiger partial charge < -0.3 is 10.8 Å². The zero-order valence-electron chi connectivity index (χ0n) is 10.9. The number of amides is 1. The minimum atomic E-state index is -4.06. The molecule has 1 aromatic carbocycles. The Balaban J connectivity index is 3.34. The van der Waals surface area contributed by atoms with Gasteiger partial charge in [-0.3, -0.25) is 4.79 Å². The predicted molar refractivity (Wildman–Crippen MR) is 79.4 cm³/mol. The van der Waals surface area contributed by atoms with Crippen molar-refractivity contribution in [3.63, 3.8) is 0 Å². The van der Waals surface area contributed by atoms with Crippen molar-refractivity contribution in [2.45, 2.75) is 4.90 Å². The quantitative estimate of drug-likeness (QED) is 0.769. The highest BCUT2D eigenvalue weighted by Gasteiger charge is 2.27. The summed E-state index contributed by atoms with van der Waals surface area (Å²) in [6.07, 6.45) is 0. The smallest absolute Gasteiger partial charge is 0.246 e. The molecule has 6 nitrogen and oxygen atoms in total. The summed E-state index contributed by atoms with van der Waals surface area (Å²) in [5.74, 6) is 4.15. The predicted octanol–water partition coefficient (Wildman–Crippen LogP) is 0.443. The molecule has 0 saturated heterocycles. The molecule has 9 heteroatoms. The van der Waals surface area contributed by atoms with Gasteiger partial charge >= 0.3 is 0 Å². The number of hydrogen-bond donors (Lipinski definition) is 2. The highest BCUT2D eigenvalue weighted by atomic mass is 35.5. The second-order valence-electron chi connectivity index (χ2n) is 3.96. The van der Waals surface area contributed by atoms with Crippen molar-refractivity contribution in [3.05, 3.63) is 27.7 Å². The Labute approximate surface area is 132 Å². The van der Waals surface area contributed by atoms with Crippen LogP contribution in [0.15, 0.2) is 17.0 Å². The SMILES string of the molecule is CN(CC(N)=O)S(=O)(=O)c1c(Cl)cc(C#CCO)cc1Cl. The van der Waals surface area contributed by atoms with E-state index in [4.69, 9.17) is 34.0 Å². The molecular weight excluding hydrogens is 339 g/mol. The number of carbonyl (C=O) groups excluding carboxylic acids is 1. The molecule has 114 valence electrons. The number of aliphatic hydroxyl groups is 1. The average molecular weight is 351 g/mol. The normalized spacial score (nSPS) is 11.1. The standard InChI is InChI=1S/C12H12Cl2N2O4S/c1-16(7-11(15)18)21(19,20)12-9(13)5-8(3-2-4-17)6-10(12)14/h5-6,17H,4,7H2,1H3,(H2,15,18). The maximum absolute atomic E-state index is 12.3. The lowest BCUT2D eigenvalue weighted by atomic mass is 10.2. The summed E-state index contributed by atoms with van der Waals surface area (Å²) in [5.41, 5.74) is 5.33. The largest absolute Gasteiger partial charge is 0.384 e. The van der Waals surface area contributed by atoms with E-state index in [1.54, 1.807) is 0 Å². The number of likely N-dealkylation sites (N-methyl/N-ethyl adjacent to an activating group) is 1. The molecule has 0 heterocycles. The van der Waals surface area contributed by atoms with E-state index in [1.807, 2.05) is 0 Å². The molecule has 3 N–H and O–H groups in total. The van der Waals surface area contributed by atoms with Crippen LogP contribution >= 0.6 is 23.2 Å². The summed E-state index contributed by atoms with van der Waals surface area (Å²) < 4.78 is 25.4. The molecule has 0 aliphatic carbocycles. The van der Waals surface area contributed by atoms with Crippen LogP contribution in [0.5, 0.6) is 0 Å². The number of hydrogen-bond acceptors (Lipinski definition) is 4. The third kappa shape index (κ3) is 4.33. The van der Waals surface area contributed by atoms with Crippen molar-refractivity contribution >= 4 is 39.1 Å². The Bertz CT molecular complexity index is 700. The van der Waals surface area contributed by atoms with E-state index in [9.17, 15) is 13.2 Å². The molecule has 0 fully saturated rings. The van der Waals surface area contributed by atoms with Gasteiger partial charge in [0.2, 0.25) is 15.9 Å². The second-order valence-corrected chi connectivity index (χ2v) is 6.75. The van der Waals surface area contributed by atoms with Gasteiger partial charge in [-0.2, -0.15) is 4.31 Å². The number of primary amides is 1. The van der Waals surface area contributed by atoms with Crippen LogP contribution in [0.1, 0.15) is 5.56 Å². The molecule has 0 saturated carbocycles. The highest BCUT2D eigenvalue weighted by molar-refractivity contribution is 7.89. The summed E-state index contributed by atoms with van der Waals surface area (Å²) in [6.45, 7) is -0.850. The summed E-state index contributed by atoms with van der Waals surface area (Å²) in [6, 6.07) is 2.61. The van der Waals surface area contributed by atoms with E-state index in [0.717, 1.165) is 4.31 Å². The summed E-state index contributed by atoms with van der Waals surface area (Å²) in [4.78, 5) is 10.5. The molecule has 0 bridgehead atoms. The molecule has 0 radical (unpaired) electrons. The molecule has 0 aliphatic rings. The third-order valence-corrected chi connectivity index (χ3v) is 5.08. The van der Waals surface area contributed by atoms with E-state index in [-0.39, 0.29) is 21.5 Å². The van der Waals surface area contributed by atoms with E-state index in [1.165, 1.54) is 19.2 Å². The van der Waals surface area contributed by atoms with Crippen LogP contribution in [0.2, 0.25) is 10.0 Å². The Kier molecular flexibility index (Phi) is 6.01. The van der Waals surface area contributed by atoms with Gasteiger partial charge in [0, 0.05) is 12.6 Å². The monoisotopic (exact) mass is 350 g/mol. The van der Waals surface area contributed by atoms with E-state index >= 15 is 0 Å². The second kappa shape index (κ2) is 7.11. The lowest BCUT2D eigenvalue weighted by molar-refractivity contribution is -0.118. The van der Waals surface area contributed by atoms with Crippen LogP contribution in [0, 0.1) is 11.8 Å². The number of carbonyl (C=O) groups is 1. The number of sulfonamides is 1. The van der Waals surface area contributed by atoms with Crippen LogP contribution in [0.3, 0.4) is 0 Å². The molecule has 0 atom stereocenters. The molecule has 0 aliphatic heterocycles. The van der Waals surface area contributed by atoms with Gasteiger partial charge in [0.15, 0.2) is 0 Å². The fraction of sp³-hybridized carbons (Fsp3) is 0.250. The first-order valence-electron chi connectivity index (χ1n) is 5.53. The third-order valence-electron chi connectivity index (χ3n) is 2.36. The molecule has 1 aromatic rings. The molecule has 1 amide bonds. The number of nitrogens with two attached hydrogens (primary N) is 1. The van der Waals surface area contributed by atoms with Crippen LogP contribution in [-0.2, 0) is 14.8 Å². The van der Waals surface area contributed by atoms with Gasteiger partial charge in [0.1, 0.15) is 11.5 Å². The summed E-state index contributed by atoms with van der Waals surface area (Å²) in [5, 5.41) is 8.35. The number of aliphatic hydroxyl groups excluding tert-OH is 1. The molecule has 0 unspecified atom stereocenters. The van der Waals surface area contributed by atoms with Gasteiger partial charge in [0.05, 0.1) is 16.6 Å². The Morgan fingerprint density at radius 1 is 1.38 bits per heavy atom. The van der Waals surface area contributed by atoms with Crippen molar-refractivity contribution in [1.82, 2.24) is 4.31 Å². The van der Waals surface area contributed by atoms with Crippen molar-refractivity contribution in [2.75, 3.05) is 20.2 Å². The van der Waals surface area contributed by atoms with Crippen LogP contribution in [-0.4, -0.2) is 43.9 Å². The molecule has 0 spiro atoms. The Hall–Kier alpha value is -1.30. The molecule has 21 heavy (non-hydrogen) atoms. The van der Waals surface area contributed by atoms with Crippen molar-refractivity contribution in [1.29, 1.82) is 0 Å². The maximum atomic E-state index is 12.3. The fourth-order valence-corrected chi connectivity index (χ4v) is 3.77. The minimum Gasteiger partial charge on any atom is -0.384 e. The minimum absolute atomic E-state index is 0.138. The van der Waals surface area contributed by atoms with Crippen molar-refractivity contribution < 1.29 is 18.3 Å². The van der Waals surface area contributed by atoms with Crippen LogP contribution < -0.4 is 5.73 Å². The number of halogens is 2. The Morgan fingerprint density at radius 2 is 1.90 bits per heavy atom. The first-order valence-corrected chi connectivity index (χ1v) is 7.73. The number of benzene rings is 1. The topological polar surface area (TPSA) is 101 Å². The van der Waals surface area contributed by atoms with Gasteiger partial charge in [0.25, 0.3) is 0 Å². The molecular formula is C12H12Cl2N2O4S. The van der Waals surface area contributed by atoms with Crippen molar-refractivity contribution in [2.24, 2.45) is 5.73 Å². The van der Waals surface area contributed by atoms with Crippen LogP contribution in [0.4, 0.5) is 0 Å². The lowest BCUT2D eigenvalue weighted by Gasteiger charge is -2.17. The van der Waals surface area contributed by atoms with E-state index in [2.05, 4.69) is 11.8 Å². The molecule has 1 rings (SSSR count). The van der Waals surface area contributed by atoms with Gasteiger partial charge in [-0.25, -0.2) is 8.42 Å². The maximum Gasteiger partial charge on any atom is 0.246 e. The van der Waals surface area contributed by atoms with Gasteiger partial charge in [-0.1, -0.05) is 35.0 Å². The van der Waals surface area contributed by atoms with Gasteiger partial charge in [-0.05, 0) is 12.1 Å². The lowest BCUT2D eigenvalue weighted by Crippen LogP contribution is -2.35. The fourth-order valence-electron chi connectivity index (χ4n) is 1.48. The summed E-state index contributed by atoms with van der Waals surface area (Å²) >= 11 is 11.9. The zero-order chi connectivity index (χ0) is 16.2. The summed E-state index contributed by atoms with van der Waals surface area (Å²) in [7, 11) is -2.87.